The van der Waals surface area contributed by atoms with Crippen molar-refractivity contribution >= 4 is 60.1 Å². The standard InChI is InChI=1S/C34H48N6O14P2S/c1-37(2)30-12-5-11-29-28(30)10-6-13-31(29)57(50,51)40-19-17-39(18-20-40)33(42)54-23-22-53-32(41)36-35-25-26-8-4-9-27(24-26)52-21-7-15-38(3)16-14-34(43,55(44,45)46)56(47,48)49/h4-6,8-13,24-25,43H,7,14-23H2,1-3H3,(H,36,41)(H2,44,45,46)(H2,47,48,49)/b35-25+. The normalized spacial score (nSPS) is 14.6. The smallest absolute Gasteiger partial charge is 0.427 e. The maximum atomic E-state index is 13.6. The molecule has 0 aliphatic carbocycles. The van der Waals surface area contributed by atoms with Gasteiger partial charge in [-0.05, 0) is 43.3 Å². The van der Waals surface area contributed by atoms with Gasteiger partial charge in [-0.1, -0.05) is 36.4 Å². The van der Waals surface area contributed by atoms with E-state index in [-0.39, 0.29) is 57.4 Å². The predicted octanol–water partition coefficient (Wildman–Crippen LogP) is 2.20. The number of hydrazone groups is 1. The molecule has 2 amide bonds. The number of benzene rings is 3. The van der Waals surface area contributed by atoms with Gasteiger partial charge in [0.2, 0.25) is 10.0 Å². The van der Waals surface area contributed by atoms with Crippen LogP contribution in [0.3, 0.4) is 0 Å². The number of nitrogens with one attached hydrogen (secondary N) is 1. The van der Waals surface area contributed by atoms with E-state index in [9.17, 15) is 51.8 Å². The maximum absolute atomic E-state index is 13.6. The number of ether oxygens (including phenoxy) is 3. The van der Waals surface area contributed by atoms with Gasteiger partial charge in [0.25, 0.3) is 5.08 Å². The first kappa shape index (κ1) is 45.6. The van der Waals surface area contributed by atoms with Crippen molar-refractivity contribution in [1.82, 2.24) is 19.5 Å². The van der Waals surface area contributed by atoms with E-state index in [1.165, 1.54) is 20.3 Å². The summed E-state index contributed by atoms with van der Waals surface area (Å²) in [5, 5.41) is 11.8. The van der Waals surface area contributed by atoms with E-state index in [1.807, 2.05) is 37.2 Å². The molecule has 3 aromatic carbocycles. The third-order valence-electron chi connectivity index (χ3n) is 8.94. The molecule has 1 saturated heterocycles. The first-order valence-corrected chi connectivity index (χ1v) is 22.2. The highest BCUT2D eigenvalue weighted by atomic mass is 32.2. The molecule has 20 nitrogen and oxygen atoms in total. The molecule has 0 unspecified atom stereocenters. The summed E-state index contributed by atoms with van der Waals surface area (Å²) in [5.41, 5.74) is 3.65. The summed E-state index contributed by atoms with van der Waals surface area (Å²) in [6.45, 7) is 0.213. The van der Waals surface area contributed by atoms with Gasteiger partial charge >= 0.3 is 27.4 Å². The highest BCUT2D eigenvalue weighted by molar-refractivity contribution is 7.89. The molecule has 1 aliphatic heterocycles. The largest absolute Gasteiger partial charge is 0.494 e. The van der Waals surface area contributed by atoms with E-state index >= 15 is 0 Å². The summed E-state index contributed by atoms with van der Waals surface area (Å²) in [7, 11) is -9.56. The topological polar surface area (TPSA) is 269 Å². The minimum absolute atomic E-state index is 0.0784. The number of aliphatic hydroxyl groups is 1. The van der Waals surface area contributed by atoms with Crippen LogP contribution in [0.2, 0.25) is 0 Å². The Kier molecular flexibility index (Phi) is 15.6. The number of hydrogen-bond donors (Lipinski definition) is 6. The number of carbonyl (C=O) groups is 2. The number of carbonyl (C=O) groups excluding carboxylic acids is 2. The molecule has 4 rings (SSSR count). The van der Waals surface area contributed by atoms with Gasteiger partial charge in [-0.15, -0.1) is 0 Å². The van der Waals surface area contributed by atoms with Crippen LogP contribution in [0, 0.1) is 0 Å². The summed E-state index contributed by atoms with van der Waals surface area (Å²) in [4.78, 5) is 66.8. The van der Waals surface area contributed by atoms with Crippen LogP contribution in [-0.2, 0) is 28.6 Å². The highest BCUT2D eigenvalue weighted by Gasteiger charge is 2.58. The van der Waals surface area contributed by atoms with Crippen LogP contribution in [0.25, 0.3) is 10.8 Å². The Hall–Kier alpha value is -4.14. The van der Waals surface area contributed by atoms with Crippen molar-refractivity contribution < 1.29 is 66.0 Å². The average molecular weight is 859 g/mol. The van der Waals surface area contributed by atoms with E-state index in [2.05, 4.69) is 10.5 Å². The van der Waals surface area contributed by atoms with Gasteiger partial charge in [0.1, 0.15) is 19.0 Å². The number of hydrogen-bond acceptors (Lipinski definition) is 13. The highest BCUT2D eigenvalue weighted by Crippen LogP contribution is 2.68. The Morgan fingerprint density at radius 1 is 0.877 bits per heavy atom. The molecule has 0 atom stereocenters. The Labute approximate surface area is 330 Å². The molecule has 1 heterocycles. The number of piperazine rings is 1. The van der Waals surface area contributed by atoms with Gasteiger partial charge in [-0.25, -0.2) is 23.4 Å². The average Bonchev–Trinajstić information content (AvgIpc) is 3.15. The van der Waals surface area contributed by atoms with Gasteiger partial charge in [0.05, 0.1) is 17.7 Å². The van der Waals surface area contributed by atoms with E-state index in [1.54, 1.807) is 49.5 Å². The number of rotatable bonds is 18. The molecule has 0 spiro atoms. The first-order valence-electron chi connectivity index (χ1n) is 17.6. The van der Waals surface area contributed by atoms with E-state index < -0.39 is 48.9 Å². The second-order valence-corrected chi connectivity index (χ2v) is 19.1. The molecular weight excluding hydrogens is 810 g/mol. The van der Waals surface area contributed by atoms with Crippen LogP contribution >= 0.6 is 15.2 Å². The molecule has 314 valence electrons. The summed E-state index contributed by atoms with van der Waals surface area (Å²) in [6, 6.07) is 17.4. The number of amides is 2. The van der Waals surface area contributed by atoms with Crippen molar-refractivity contribution in [2.45, 2.75) is 22.8 Å². The zero-order valence-corrected chi connectivity index (χ0v) is 34.2. The van der Waals surface area contributed by atoms with Gasteiger partial charge in [-0.3, -0.25) is 9.13 Å². The molecule has 0 bridgehead atoms. The van der Waals surface area contributed by atoms with Crippen molar-refractivity contribution in [2.75, 3.05) is 85.1 Å². The quantitative estimate of drug-likeness (QED) is 0.0463. The van der Waals surface area contributed by atoms with Crippen molar-refractivity contribution in [3.05, 3.63) is 66.2 Å². The van der Waals surface area contributed by atoms with Gasteiger partial charge in [0.15, 0.2) is 0 Å². The van der Waals surface area contributed by atoms with Crippen LogP contribution in [0.4, 0.5) is 15.3 Å². The first-order chi connectivity index (χ1) is 26.7. The molecule has 0 radical (unpaired) electrons. The second-order valence-electron chi connectivity index (χ2n) is 13.2. The third-order valence-corrected chi connectivity index (χ3v) is 14.8. The third kappa shape index (κ3) is 12.0. The van der Waals surface area contributed by atoms with Crippen LogP contribution in [-0.4, -0.2) is 151 Å². The minimum Gasteiger partial charge on any atom is -0.494 e. The lowest BCUT2D eigenvalue weighted by Gasteiger charge is -2.33. The Balaban J connectivity index is 1.12. The Morgan fingerprint density at radius 2 is 1.51 bits per heavy atom. The zero-order valence-electron chi connectivity index (χ0n) is 31.6. The molecule has 0 aromatic heterocycles. The fourth-order valence-electron chi connectivity index (χ4n) is 5.80. The molecule has 57 heavy (non-hydrogen) atoms. The zero-order chi connectivity index (χ0) is 42.0. The minimum atomic E-state index is -5.52. The van der Waals surface area contributed by atoms with Crippen LogP contribution in [0.15, 0.2) is 70.7 Å². The SMILES string of the molecule is CN(CCCOc1cccc(/C=N/NC(=O)OCCOC(=O)N2CCN(S(=O)(=O)c3cccc4c(N(C)C)cccc34)CC2)c1)CCC(O)(P(=O)(O)O)P(=O)(O)O. The van der Waals surface area contributed by atoms with E-state index in [4.69, 9.17) is 14.2 Å². The number of fused-ring (bicyclic) bond motifs is 1. The molecule has 0 saturated carbocycles. The lowest BCUT2D eigenvalue weighted by atomic mass is 10.1. The molecule has 3 aromatic rings. The Morgan fingerprint density at radius 3 is 2.18 bits per heavy atom. The summed E-state index contributed by atoms with van der Waals surface area (Å²) in [6.07, 6.45) is -0.653. The van der Waals surface area contributed by atoms with Gasteiger partial charge in [0, 0.05) is 76.2 Å². The predicted molar refractivity (Wildman–Crippen MR) is 210 cm³/mol. The lowest BCUT2D eigenvalue weighted by molar-refractivity contribution is 0.0655. The fourth-order valence-corrected chi connectivity index (χ4v) is 9.57. The van der Waals surface area contributed by atoms with E-state index in [0.717, 1.165) is 11.1 Å². The van der Waals surface area contributed by atoms with Gasteiger partial charge in [-0.2, -0.15) is 9.41 Å². The van der Waals surface area contributed by atoms with Crippen molar-refractivity contribution in [3.8, 4) is 5.75 Å². The molecule has 1 fully saturated rings. The molecule has 1 aliphatic rings. The summed E-state index contributed by atoms with van der Waals surface area (Å²) < 4.78 is 67.5. The molecule has 23 heteroatoms. The number of nitrogens with zero attached hydrogens (tertiary/aromatic N) is 5. The lowest BCUT2D eigenvalue weighted by Crippen LogP contribution is -2.50. The molecule has 6 N–H and O–H groups in total. The van der Waals surface area contributed by atoms with Crippen molar-refractivity contribution in [1.29, 1.82) is 0 Å². The monoisotopic (exact) mass is 858 g/mol. The van der Waals surface area contributed by atoms with Crippen molar-refractivity contribution in [2.24, 2.45) is 5.10 Å². The Bertz CT molecular complexity index is 2080. The molecular formula is C34H48N6O14P2S. The summed E-state index contributed by atoms with van der Waals surface area (Å²) >= 11 is 0. The number of sulfonamides is 1. The number of anilines is 1. The van der Waals surface area contributed by atoms with Crippen molar-refractivity contribution in [3.63, 3.8) is 0 Å². The van der Waals surface area contributed by atoms with Gasteiger partial charge < -0.3 is 53.6 Å². The fraction of sp³-hybridized carbons (Fsp3) is 0.441. The summed E-state index contributed by atoms with van der Waals surface area (Å²) in [5.74, 6) is 0.468. The van der Waals surface area contributed by atoms with Crippen LogP contribution in [0.5, 0.6) is 5.75 Å². The maximum Gasteiger partial charge on any atom is 0.427 e. The van der Waals surface area contributed by atoms with E-state index in [0.29, 0.717) is 29.7 Å². The van der Waals surface area contributed by atoms with Crippen LogP contribution < -0.4 is 15.1 Å². The second kappa shape index (κ2) is 19.5. The van der Waals surface area contributed by atoms with Crippen LogP contribution in [0.1, 0.15) is 18.4 Å².